The zero-order valence-corrected chi connectivity index (χ0v) is 17.0. The van der Waals surface area contributed by atoms with E-state index in [-0.39, 0.29) is 23.5 Å². The lowest BCUT2D eigenvalue weighted by molar-refractivity contribution is -0.115. The highest BCUT2D eigenvalue weighted by atomic mass is 32.2. The van der Waals surface area contributed by atoms with Crippen LogP contribution in [0.15, 0.2) is 53.4 Å². The van der Waals surface area contributed by atoms with Crippen LogP contribution in [0.1, 0.15) is 34.1 Å². The number of nitrogens with zero attached hydrogens (tertiary/aromatic N) is 2. The number of carbonyl (C=O) groups excluding carboxylic acids is 2. The number of piperidine rings is 1. The van der Waals surface area contributed by atoms with Crippen molar-refractivity contribution in [3.63, 3.8) is 0 Å². The van der Waals surface area contributed by atoms with E-state index < -0.39 is 0 Å². The number of hydrogen-bond donors (Lipinski definition) is 1. The Labute approximate surface area is 171 Å². The zero-order valence-electron chi connectivity index (χ0n) is 15.3. The molecule has 1 aromatic heterocycles. The summed E-state index contributed by atoms with van der Waals surface area (Å²) in [5, 5.41) is 1.11. The summed E-state index contributed by atoms with van der Waals surface area (Å²) < 4.78 is 1.19. The Hall–Kier alpha value is -2.38. The van der Waals surface area contributed by atoms with Gasteiger partial charge in [0.25, 0.3) is 5.91 Å². The molecule has 2 N–H and O–H groups in total. The molecule has 2 heterocycles. The van der Waals surface area contributed by atoms with Crippen LogP contribution in [-0.2, 0) is 4.79 Å². The molecule has 1 atom stereocenters. The molecule has 4 rings (SSSR count). The van der Waals surface area contributed by atoms with Crippen molar-refractivity contribution < 1.29 is 9.59 Å². The van der Waals surface area contributed by atoms with Crippen LogP contribution < -0.4 is 5.73 Å². The van der Waals surface area contributed by atoms with E-state index in [0.29, 0.717) is 12.1 Å². The normalized spacial score (nSPS) is 17.0. The lowest BCUT2D eigenvalue weighted by Gasteiger charge is -2.32. The number of primary amides is 1. The van der Waals surface area contributed by atoms with Crippen molar-refractivity contribution in [3.05, 3.63) is 59.1 Å². The number of amides is 2. The van der Waals surface area contributed by atoms with E-state index in [4.69, 9.17) is 10.7 Å². The van der Waals surface area contributed by atoms with Crippen molar-refractivity contribution in [2.24, 2.45) is 5.73 Å². The van der Waals surface area contributed by atoms with Gasteiger partial charge in [0.2, 0.25) is 5.91 Å². The summed E-state index contributed by atoms with van der Waals surface area (Å²) in [6.45, 7) is 1.42. The SMILES string of the molecule is NC(=O)CSc1ccccc1C(=O)N1CCC[C@H](c2nc3ccccc3s2)C1. The second-order valence-corrected chi connectivity index (χ2v) is 8.94. The summed E-state index contributed by atoms with van der Waals surface area (Å²) >= 11 is 3.04. The van der Waals surface area contributed by atoms with E-state index >= 15 is 0 Å². The Bertz CT molecular complexity index is 985. The number of thioether (sulfide) groups is 1. The summed E-state index contributed by atoms with van der Waals surface area (Å²) in [4.78, 5) is 31.8. The van der Waals surface area contributed by atoms with Gasteiger partial charge in [-0.05, 0) is 37.1 Å². The summed E-state index contributed by atoms with van der Waals surface area (Å²) in [5.74, 6) is 0.0542. The Kier molecular flexibility index (Phi) is 5.64. The van der Waals surface area contributed by atoms with Crippen LogP contribution in [-0.4, -0.2) is 40.5 Å². The number of aromatic nitrogens is 1. The zero-order chi connectivity index (χ0) is 19.5. The first-order valence-corrected chi connectivity index (χ1v) is 11.1. The quantitative estimate of drug-likeness (QED) is 0.646. The van der Waals surface area contributed by atoms with E-state index in [2.05, 4.69) is 6.07 Å². The van der Waals surface area contributed by atoms with E-state index in [1.54, 1.807) is 11.3 Å². The van der Waals surface area contributed by atoms with Crippen LogP contribution in [0.3, 0.4) is 0 Å². The molecule has 2 amide bonds. The summed E-state index contributed by atoms with van der Waals surface area (Å²) in [7, 11) is 0. The van der Waals surface area contributed by atoms with Gasteiger partial charge in [-0.3, -0.25) is 9.59 Å². The van der Waals surface area contributed by atoms with Crippen molar-refractivity contribution in [1.29, 1.82) is 0 Å². The molecule has 1 fully saturated rings. The third kappa shape index (κ3) is 4.05. The van der Waals surface area contributed by atoms with E-state index in [1.165, 1.54) is 16.5 Å². The molecule has 0 spiro atoms. The number of hydrogen-bond acceptors (Lipinski definition) is 5. The highest BCUT2D eigenvalue weighted by Crippen LogP contribution is 2.34. The molecule has 0 saturated carbocycles. The third-order valence-corrected chi connectivity index (χ3v) is 7.15. The van der Waals surface area contributed by atoms with Crippen molar-refractivity contribution in [3.8, 4) is 0 Å². The lowest BCUT2D eigenvalue weighted by atomic mass is 9.98. The standard InChI is InChI=1S/C21H21N3O2S2/c22-19(25)13-27-17-9-3-1-7-15(17)21(26)24-11-5-6-14(12-24)20-23-16-8-2-4-10-18(16)28-20/h1-4,7-10,14H,5-6,11-13H2,(H2,22,25)/t14-/m0/s1. The molecule has 1 saturated heterocycles. The maximum Gasteiger partial charge on any atom is 0.255 e. The highest BCUT2D eigenvalue weighted by Gasteiger charge is 2.28. The second kappa shape index (κ2) is 8.32. The smallest absolute Gasteiger partial charge is 0.255 e. The van der Waals surface area contributed by atoms with Gasteiger partial charge in [-0.25, -0.2) is 4.98 Å². The number of nitrogens with two attached hydrogens (primary N) is 1. The summed E-state index contributed by atoms with van der Waals surface area (Å²) in [6, 6.07) is 15.6. The fourth-order valence-electron chi connectivity index (χ4n) is 3.52. The first-order valence-electron chi connectivity index (χ1n) is 9.26. The number of fused-ring (bicyclic) bond motifs is 1. The van der Waals surface area contributed by atoms with Crippen molar-refractivity contribution in [2.75, 3.05) is 18.8 Å². The largest absolute Gasteiger partial charge is 0.369 e. The van der Waals surface area contributed by atoms with Crippen molar-refractivity contribution in [2.45, 2.75) is 23.7 Å². The topological polar surface area (TPSA) is 76.3 Å². The monoisotopic (exact) mass is 411 g/mol. The van der Waals surface area contributed by atoms with Gasteiger partial charge >= 0.3 is 0 Å². The number of carbonyl (C=O) groups is 2. The number of para-hydroxylation sites is 1. The Morgan fingerprint density at radius 3 is 2.79 bits per heavy atom. The van der Waals surface area contributed by atoms with Gasteiger partial charge in [-0.15, -0.1) is 23.1 Å². The van der Waals surface area contributed by atoms with Gasteiger partial charge in [0.05, 0.1) is 26.5 Å². The van der Waals surface area contributed by atoms with Crippen LogP contribution in [0.5, 0.6) is 0 Å². The predicted molar refractivity (Wildman–Crippen MR) is 114 cm³/mol. The summed E-state index contributed by atoms with van der Waals surface area (Å²) in [6.07, 6.45) is 2.00. The average Bonchev–Trinajstić information content (AvgIpc) is 3.16. The molecule has 0 aliphatic carbocycles. The molecule has 7 heteroatoms. The Morgan fingerprint density at radius 2 is 1.96 bits per heavy atom. The van der Waals surface area contributed by atoms with Gasteiger partial charge in [0.1, 0.15) is 0 Å². The predicted octanol–water partition coefficient (Wildman–Crippen LogP) is 3.89. The minimum Gasteiger partial charge on any atom is -0.369 e. The van der Waals surface area contributed by atoms with Crippen molar-refractivity contribution in [1.82, 2.24) is 9.88 Å². The van der Waals surface area contributed by atoms with Crippen molar-refractivity contribution >= 4 is 45.1 Å². The van der Waals surface area contributed by atoms with Gasteiger partial charge in [-0.1, -0.05) is 24.3 Å². The second-order valence-electron chi connectivity index (χ2n) is 6.86. The molecule has 0 radical (unpaired) electrons. The number of thiazole rings is 1. The minimum absolute atomic E-state index is 0.0124. The van der Waals surface area contributed by atoms with E-state index in [1.807, 2.05) is 47.4 Å². The van der Waals surface area contributed by atoms with Gasteiger partial charge in [0, 0.05) is 23.9 Å². The molecule has 3 aromatic rings. The molecule has 5 nitrogen and oxygen atoms in total. The number of likely N-dealkylation sites (tertiary alicyclic amines) is 1. The minimum atomic E-state index is -0.388. The maximum atomic E-state index is 13.2. The van der Waals surface area contributed by atoms with Crippen LogP contribution in [0.4, 0.5) is 0 Å². The fourth-order valence-corrected chi connectivity index (χ4v) is 5.39. The third-order valence-electron chi connectivity index (χ3n) is 4.86. The van der Waals surface area contributed by atoms with Gasteiger partial charge < -0.3 is 10.6 Å². The van der Waals surface area contributed by atoms with Crippen LogP contribution in [0, 0.1) is 0 Å². The van der Waals surface area contributed by atoms with Crippen LogP contribution in [0.25, 0.3) is 10.2 Å². The number of rotatable bonds is 5. The fraction of sp³-hybridized carbons (Fsp3) is 0.286. The summed E-state index contributed by atoms with van der Waals surface area (Å²) in [5.41, 5.74) is 6.93. The van der Waals surface area contributed by atoms with Crippen LogP contribution >= 0.6 is 23.1 Å². The molecule has 0 unspecified atom stereocenters. The van der Waals surface area contributed by atoms with Crippen LogP contribution in [0.2, 0.25) is 0 Å². The number of benzene rings is 2. The lowest BCUT2D eigenvalue weighted by Crippen LogP contribution is -2.39. The molecular weight excluding hydrogens is 390 g/mol. The van der Waals surface area contributed by atoms with E-state index in [0.717, 1.165) is 34.8 Å². The first kappa shape index (κ1) is 19.0. The molecule has 28 heavy (non-hydrogen) atoms. The average molecular weight is 412 g/mol. The molecule has 0 bridgehead atoms. The maximum absolute atomic E-state index is 13.2. The molecule has 2 aromatic carbocycles. The van der Waals surface area contributed by atoms with Gasteiger partial charge in [0.15, 0.2) is 0 Å². The first-order chi connectivity index (χ1) is 13.6. The van der Waals surface area contributed by atoms with E-state index in [9.17, 15) is 9.59 Å². The Balaban J connectivity index is 1.53. The molecule has 1 aliphatic heterocycles. The Morgan fingerprint density at radius 1 is 1.18 bits per heavy atom. The molecule has 1 aliphatic rings. The molecular formula is C21H21N3O2S2. The highest BCUT2D eigenvalue weighted by molar-refractivity contribution is 8.00. The van der Waals surface area contributed by atoms with Gasteiger partial charge in [-0.2, -0.15) is 0 Å². The molecule has 144 valence electrons.